The molecule has 2 saturated heterocycles. The SMILES string of the molecule is O=C(O)C1CSCCN1C(=O)N1CCCC1C1CCCC1. The van der Waals surface area contributed by atoms with E-state index in [1.807, 2.05) is 4.90 Å². The number of rotatable bonds is 2. The van der Waals surface area contributed by atoms with Gasteiger partial charge in [-0.25, -0.2) is 9.59 Å². The molecule has 1 N–H and O–H groups in total. The molecule has 2 amide bonds. The summed E-state index contributed by atoms with van der Waals surface area (Å²) >= 11 is 1.63. The third kappa shape index (κ3) is 3.00. The van der Waals surface area contributed by atoms with Gasteiger partial charge in [-0.3, -0.25) is 0 Å². The second-order valence-corrected chi connectivity index (χ2v) is 7.50. The number of nitrogens with zero attached hydrogens (tertiary/aromatic N) is 2. The molecule has 0 aromatic rings. The summed E-state index contributed by atoms with van der Waals surface area (Å²) in [5, 5.41) is 9.35. The van der Waals surface area contributed by atoms with Crippen molar-refractivity contribution in [3.63, 3.8) is 0 Å². The molecular formula is C15H24N2O3S. The average molecular weight is 312 g/mol. The van der Waals surface area contributed by atoms with E-state index >= 15 is 0 Å². The van der Waals surface area contributed by atoms with E-state index < -0.39 is 12.0 Å². The first-order valence-corrected chi connectivity index (χ1v) is 9.21. The van der Waals surface area contributed by atoms with Gasteiger partial charge in [-0.2, -0.15) is 11.8 Å². The van der Waals surface area contributed by atoms with Crippen molar-refractivity contribution >= 4 is 23.8 Å². The van der Waals surface area contributed by atoms with Gasteiger partial charge in [0.25, 0.3) is 0 Å². The molecule has 5 nitrogen and oxygen atoms in total. The molecule has 0 spiro atoms. The molecule has 1 aliphatic carbocycles. The molecule has 3 rings (SSSR count). The fraction of sp³-hybridized carbons (Fsp3) is 0.867. The fourth-order valence-electron chi connectivity index (χ4n) is 4.06. The number of hydrogen-bond acceptors (Lipinski definition) is 3. The van der Waals surface area contributed by atoms with E-state index in [2.05, 4.69) is 0 Å². The Morgan fingerprint density at radius 2 is 1.76 bits per heavy atom. The van der Waals surface area contributed by atoms with Crippen LogP contribution >= 0.6 is 11.8 Å². The van der Waals surface area contributed by atoms with Gasteiger partial charge in [0, 0.05) is 30.6 Å². The van der Waals surface area contributed by atoms with E-state index in [4.69, 9.17) is 0 Å². The summed E-state index contributed by atoms with van der Waals surface area (Å²) in [4.78, 5) is 27.8. The normalized spacial score (nSPS) is 30.9. The molecule has 0 aromatic carbocycles. The Kier molecular flexibility index (Phi) is 4.62. The average Bonchev–Trinajstić information content (AvgIpc) is 3.16. The van der Waals surface area contributed by atoms with Gasteiger partial charge in [0.05, 0.1) is 0 Å². The van der Waals surface area contributed by atoms with E-state index in [0.29, 0.717) is 24.3 Å². The Morgan fingerprint density at radius 3 is 2.48 bits per heavy atom. The third-order valence-corrected chi connectivity index (χ3v) is 6.17. The molecule has 2 unspecified atom stereocenters. The van der Waals surface area contributed by atoms with Crippen LogP contribution in [0.1, 0.15) is 38.5 Å². The summed E-state index contributed by atoms with van der Waals surface area (Å²) < 4.78 is 0. The highest BCUT2D eigenvalue weighted by molar-refractivity contribution is 7.99. The molecule has 0 bridgehead atoms. The molecule has 2 heterocycles. The minimum atomic E-state index is -0.868. The van der Waals surface area contributed by atoms with Crippen LogP contribution in [0.25, 0.3) is 0 Å². The first kappa shape index (κ1) is 15.0. The lowest BCUT2D eigenvalue weighted by Crippen LogP contribution is -2.56. The van der Waals surface area contributed by atoms with Gasteiger partial charge in [0.2, 0.25) is 0 Å². The van der Waals surface area contributed by atoms with Crippen LogP contribution in [-0.2, 0) is 4.79 Å². The molecule has 3 fully saturated rings. The van der Waals surface area contributed by atoms with Crippen LogP contribution in [-0.4, -0.2) is 63.6 Å². The van der Waals surface area contributed by atoms with Crippen molar-refractivity contribution in [3.8, 4) is 0 Å². The quantitative estimate of drug-likeness (QED) is 0.849. The highest BCUT2D eigenvalue weighted by Crippen LogP contribution is 2.36. The van der Waals surface area contributed by atoms with Crippen molar-refractivity contribution in [2.24, 2.45) is 5.92 Å². The standard InChI is InChI=1S/C15H24N2O3S/c18-14(19)13-10-21-9-8-17(13)15(20)16-7-3-6-12(16)11-4-1-2-5-11/h11-13H,1-10H2,(H,18,19). The summed E-state index contributed by atoms with van der Waals surface area (Å²) in [6.45, 7) is 1.37. The number of carboxylic acids is 1. The minimum absolute atomic E-state index is 0.0305. The number of hydrogen-bond donors (Lipinski definition) is 1. The Bertz CT molecular complexity index is 412. The van der Waals surface area contributed by atoms with E-state index in [1.54, 1.807) is 16.7 Å². The van der Waals surface area contributed by atoms with Gasteiger partial charge in [-0.15, -0.1) is 0 Å². The lowest BCUT2D eigenvalue weighted by atomic mass is 9.96. The lowest BCUT2D eigenvalue weighted by Gasteiger charge is -2.38. The van der Waals surface area contributed by atoms with Crippen LogP contribution in [0.3, 0.4) is 0 Å². The minimum Gasteiger partial charge on any atom is -0.480 e. The Balaban J connectivity index is 1.71. The Morgan fingerprint density at radius 1 is 1.00 bits per heavy atom. The number of aliphatic carboxylic acids is 1. The molecule has 118 valence electrons. The van der Waals surface area contributed by atoms with E-state index in [1.165, 1.54) is 25.7 Å². The number of amides is 2. The van der Waals surface area contributed by atoms with E-state index in [-0.39, 0.29) is 6.03 Å². The lowest BCUT2D eigenvalue weighted by molar-refractivity contribution is -0.141. The number of urea groups is 1. The topological polar surface area (TPSA) is 60.9 Å². The van der Waals surface area contributed by atoms with Crippen LogP contribution in [0.4, 0.5) is 4.79 Å². The van der Waals surface area contributed by atoms with Gasteiger partial charge in [0.15, 0.2) is 0 Å². The first-order chi connectivity index (χ1) is 10.2. The molecule has 0 radical (unpaired) electrons. The Hall–Kier alpha value is -0.910. The fourth-order valence-corrected chi connectivity index (χ4v) is 5.10. The zero-order valence-corrected chi connectivity index (χ0v) is 13.2. The summed E-state index contributed by atoms with van der Waals surface area (Å²) in [6.07, 6.45) is 7.17. The van der Waals surface area contributed by atoms with Crippen molar-refractivity contribution in [2.45, 2.75) is 50.6 Å². The van der Waals surface area contributed by atoms with Crippen LogP contribution in [0, 0.1) is 5.92 Å². The second kappa shape index (κ2) is 6.46. The second-order valence-electron chi connectivity index (χ2n) is 6.35. The largest absolute Gasteiger partial charge is 0.480 e. The number of carbonyl (C=O) groups is 2. The van der Waals surface area contributed by atoms with Gasteiger partial charge >= 0.3 is 12.0 Å². The van der Waals surface area contributed by atoms with Crippen LogP contribution in [0.15, 0.2) is 0 Å². The maximum atomic E-state index is 12.9. The Labute approximate surface area is 130 Å². The van der Waals surface area contributed by atoms with Crippen molar-refractivity contribution in [3.05, 3.63) is 0 Å². The summed E-state index contributed by atoms with van der Waals surface area (Å²) in [7, 11) is 0. The maximum absolute atomic E-state index is 12.9. The molecule has 6 heteroatoms. The molecular weight excluding hydrogens is 288 g/mol. The van der Waals surface area contributed by atoms with Gasteiger partial charge in [-0.05, 0) is 31.6 Å². The van der Waals surface area contributed by atoms with Gasteiger partial charge < -0.3 is 14.9 Å². The highest BCUT2D eigenvalue weighted by atomic mass is 32.2. The predicted molar refractivity (Wildman–Crippen MR) is 82.5 cm³/mol. The number of carboxylic acid groups (broad SMARTS) is 1. The van der Waals surface area contributed by atoms with Crippen LogP contribution < -0.4 is 0 Å². The molecule has 2 atom stereocenters. The van der Waals surface area contributed by atoms with Crippen LogP contribution in [0.5, 0.6) is 0 Å². The van der Waals surface area contributed by atoms with Crippen molar-refractivity contribution in [2.75, 3.05) is 24.6 Å². The number of likely N-dealkylation sites (tertiary alicyclic amines) is 1. The monoisotopic (exact) mass is 312 g/mol. The smallest absolute Gasteiger partial charge is 0.327 e. The molecule has 0 aromatic heterocycles. The molecule has 2 aliphatic heterocycles. The number of carbonyl (C=O) groups excluding carboxylic acids is 1. The third-order valence-electron chi connectivity index (χ3n) is 5.15. The number of thioether (sulfide) groups is 1. The van der Waals surface area contributed by atoms with Crippen LogP contribution in [0.2, 0.25) is 0 Å². The van der Waals surface area contributed by atoms with Crippen molar-refractivity contribution in [1.82, 2.24) is 9.80 Å². The molecule has 21 heavy (non-hydrogen) atoms. The molecule has 3 aliphatic rings. The summed E-state index contributed by atoms with van der Waals surface area (Å²) in [5.74, 6) is 1.13. The zero-order valence-electron chi connectivity index (χ0n) is 12.4. The van der Waals surface area contributed by atoms with E-state index in [0.717, 1.165) is 25.1 Å². The molecule has 1 saturated carbocycles. The van der Waals surface area contributed by atoms with Gasteiger partial charge in [-0.1, -0.05) is 12.8 Å². The van der Waals surface area contributed by atoms with Gasteiger partial charge in [0.1, 0.15) is 6.04 Å². The zero-order chi connectivity index (χ0) is 14.8. The summed E-state index contributed by atoms with van der Waals surface area (Å²) in [5.41, 5.74) is 0. The van der Waals surface area contributed by atoms with Crippen molar-refractivity contribution in [1.29, 1.82) is 0 Å². The first-order valence-electron chi connectivity index (χ1n) is 8.06. The summed E-state index contributed by atoms with van der Waals surface area (Å²) in [6, 6.07) is -0.331. The predicted octanol–water partition coefficient (Wildman–Crippen LogP) is 2.26. The highest BCUT2D eigenvalue weighted by Gasteiger charge is 2.41. The van der Waals surface area contributed by atoms with E-state index in [9.17, 15) is 14.7 Å². The maximum Gasteiger partial charge on any atom is 0.327 e. The van der Waals surface area contributed by atoms with Crippen molar-refractivity contribution < 1.29 is 14.7 Å².